The van der Waals surface area contributed by atoms with Crippen LogP contribution in [0.25, 0.3) is 0 Å². The van der Waals surface area contributed by atoms with Crippen LogP contribution in [-0.2, 0) is 5.54 Å². The van der Waals surface area contributed by atoms with Gasteiger partial charge in [0, 0.05) is 23.4 Å². The fourth-order valence-electron chi connectivity index (χ4n) is 1.63. The number of nitrogens with zero attached hydrogens (tertiary/aromatic N) is 1. The SMILES string of the molecule is C[C@H]1CC[C@@](N)(c2ncc[nH]2)CS1. The summed E-state index contributed by atoms with van der Waals surface area (Å²) in [6.07, 6.45) is 5.83. The number of thioether (sulfide) groups is 1. The van der Waals surface area contributed by atoms with Crippen LogP contribution in [-0.4, -0.2) is 21.0 Å². The summed E-state index contributed by atoms with van der Waals surface area (Å²) >= 11 is 1.94. The molecule has 1 saturated heterocycles. The molecule has 72 valence electrons. The molecule has 0 saturated carbocycles. The largest absolute Gasteiger partial charge is 0.347 e. The molecule has 1 aliphatic heterocycles. The molecule has 0 spiro atoms. The zero-order chi connectivity index (χ0) is 9.31. The summed E-state index contributed by atoms with van der Waals surface area (Å²) in [5, 5.41) is 0.742. The molecule has 0 radical (unpaired) electrons. The summed E-state index contributed by atoms with van der Waals surface area (Å²) in [7, 11) is 0. The first-order valence-electron chi connectivity index (χ1n) is 4.61. The fraction of sp³-hybridized carbons (Fsp3) is 0.667. The molecular formula is C9H15N3S. The maximum atomic E-state index is 6.27. The van der Waals surface area contributed by atoms with Gasteiger partial charge in [0.25, 0.3) is 0 Å². The molecule has 1 fully saturated rings. The molecule has 13 heavy (non-hydrogen) atoms. The number of hydrogen-bond acceptors (Lipinski definition) is 3. The van der Waals surface area contributed by atoms with Gasteiger partial charge in [0.15, 0.2) is 0 Å². The molecule has 2 heterocycles. The van der Waals surface area contributed by atoms with Crippen molar-refractivity contribution in [1.29, 1.82) is 0 Å². The van der Waals surface area contributed by atoms with E-state index >= 15 is 0 Å². The molecule has 2 atom stereocenters. The van der Waals surface area contributed by atoms with Gasteiger partial charge in [-0.3, -0.25) is 0 Å². The number of aromatic amines is 1. The molecule has 1 aliphatic rings. The van der Waals surface area contributed by atoms with E-state index in [4.69, 9.17) is 5.73 Å². The highest BCUT2D eigenvalue weighted by Gasteiger charge is 2.34. The Labute approximate surface area is 82.5 Å². The average Bonchev–Trinajstić information content (AvgIpc) is 2.63. The monoisotopic (exact) mass is 197 g/mol. The minimum absolute atomic E-state index is 0.222. The van der Waals surface area contributed by atoms with Gasteiger partial charge in [-0.2, -0.15) is 11.8 Å². The molecule has 3 N–H and O–H groups in total. The highest BCUT2D eigenvalue weighted by molar-refractivity contribution is 8.00. The van der Waals surface area contributed by atoms with Crippen molar-refractivity contribution >= 4 is 11.8 Å². The summed E-state index contributed by atoms with van der Waals surface area (Å²) < 4.78 is 0. The van der Waals surface area contributed by atoms with Gasteiger partial charge >= 0.3 is 0 Å². The molecule has 0 amide bonds. The quantitative estimate of drug-likeness (QED) is 0.717. The third kappa shape index (κ3) is 1.74. The van der Waals surface area contributed by atoms with Gasteiger partial charge in [-0.05, 0) is 12.8 Å². The maximum absolute atomic E-state index is 6.27. The first kappa shape index (κ1) is 9.09. The zero-order valence-electron chi connectivity index (χ0n) is 7.79. The minimum atomic E-state index is -0.222. The Balaban J connectivity index is 2.13. The van der Waals surface area contributed by atoms with Gasteiger partial charge < -0.3 is 10.7 Å². The Morgan fingerprint density at radius 3 is 3.15 bits per heavy atom. The highest BCUT2D eigenvalue weighted by Crippen LogP contribution is 2.35. The second-order valence-corrected chi connectivity index (χ2v) is 5.18. The summed E-state index contributed by atoms with van der Waals surface area (Å²) in [6, 6.07) is 0. The van der Waals surface area contributed by atoms with E-state index in [1.807, 2.05) is 18.0 Å². The third-order valence-corrected chi connectivity index (χ3v) is 4.08. The first-order chi connectivity index (χ1) is 6.21. The van der Waals surface area contributed by atoms with Crippen molar-refractivity contribution in [3.05, 3.63) is 18.2 Å². The zero-order valence-corrected chi connectivity index (χ0v) is 8.60. The van der Waals surface area contributed by atoms with E-state index in [0.717, 1.165) is 23.2 Å². The lowest BCUT2D eigenvalue weighted by atomic mass is 9.94. The van der Waals surface area contributed by atoms with E-state index in [1.54, 1.807) is 6.20 Å². The summed E-state index contributed by atoms with van der Waals surface area (Å²) in [4.78, 5) is 7.36. The molecule has 0 unspecified atom stereocenters. The summed E-state index contributed by atoms with van der Waals surface area (Å²) in [5.74, 6) is 1.91. The normalized spacial score (nSPS) is 34.8. The third-order valence-electron chi connectivity index (χ3n) is 2.59. The van der Waals surface area contributed by atoms with Crippen molar-refractivity contribution < 1.29 is 0 Å². The Kier molecular flexibility index (Phi) is 2.34. The predicted octanol–water partition coefficient (Wildman–Crippen LogP) is 1.48. The van der Waals surface area contributed by atoms with Crippen molar-refractivity contribution in [3.63, 3.8) is 0 Å². The van der Waals surface area contributed by atoms with Crippen molar-refractivity contribution in [3.8, 4) is 0 Å². The maximum Gasteiger partial charge on any atom is 0.127 e. The molecule has 2 rings (SSSR count). The van der Waals surface area contributed by atoms with Gasteiger partial charge in [-0.25, -0.2) is 4.98 Å². The van der Waals surface area contributed by atoms with E-state index < -0.39 is 0 Å². The van der Waals surface area contributed by atoms with Gasteiger partial charge in [-0.15, -0.1) is 0 Å². The standard InChI is InChI=1S/C9H15N3S/c1-7-2-3-9(10,6-13-7)8-11-4-5-12-8/h4-5,7H,2-3,6,10H2,1H3,(H,11,12)/t7-,9-/m0/s1. The van der Waals surface area contributed by atoms with E-state index in [-0.39, 0.29) is 5.54 Å². The van der Waals surface area contributed by atoms with Crippen LogP contribution >= 0.6 is 11.8 Å². The number of aromatic nitrogens is 2. The smallest absolute Gasteiger partial charge is 0.127 e. The van der Waals surface area contributed by atoms with Crippen LogP contribution in [0.5, 0.6) is 0 Å². The number of imidazole rings is 1. The van der Waals surface area contributed by atoms with Crippen LogP contribution in [0.4, 0.5) is 0 Å². The van der Waals surface area contributed by atoms with Crippen molar-refractivity contribution in [2.75, 3.05) is 5.75 Å². The van der Waals surface area contributed by atoms with Crippen LogP contribution in [0.1, 0.15) is 25.6 Å². The van der Waals surface area contributed by atoms with E-state index in [9.17, 15) is 0 Å². The Morgan fingerprint density at radius 1 is 1.77 bits per heavy atom. The number of hydrogen-bond donors (Lipinski definition) is 2. The van der Waals surface area contributed by atoms with Crippen LogP contribution in [0, 0.1) is 0 Å². The first-order valence-corrected chi connectivity index (χ1v) is 5.66. The van der Waals surface area contributed by atoms with Crippen LogP contribution < -0.4 is 5.73 Å². The number of rotatable bonds is 1. The molecule has 0 aromatic carbocycles. The van der Waals surface area contributed by atoms with Crippen LogP contribution in [0.3, 0.4) is 0 Å². The van der Waals surface area contributed by atoms with E-state index in [1.165, 1.54) is 6.42 Å². The van der Waals surface area contributed by atoms with Crippen LogP contribution in [0.2, 0.25) is 0 Å². The van der Waals surface area contributed by atoms with Gasteiger partial charge in [-0.1, -0.05) is 6.92 Å². The number of nitrogens with two attached hydrogens (primary N) is 1. The van der Waals surface area contributed by atoms with Gasteiger partial charge in [0.2, 0.25) is 0 Å². The van der Waals surface area contributed by atoms with Crippen molar-refractivity contribution in [1.82, 2.24) is 9.97 Å². The molecule has 3 nitrogen and oxygen atoms in total. The predicted molar refractivity (Wildman–Crippen MR) is 55.6 cm³/mol. The van der Waals surface area contributed by atoms with Gasteiger partial charge in [0.1, 0.15) is 5.82 Å². The van der Waals surface area contributed by atoms with Crippen molar-refractivity contribution in [2.45, 2.75) is 30.6 Å². The Morgan fingerprint density at radius 2 is 2.62 bits per heavy atom. The summed E-state index contributed by atoms with van der Waals surface area (Å²) in [5.41, 5.74) is 6.05. The second-order valence-electron chi connectivity index (χ2n) is 3.75. The highest BCUT2D eigenvalue weighted by atomic mass is 32.2. The molecule has 0 bridgehead atoms. The van der Waals surface area contributed by atoms with Crippen molar-refractivity contribution in [2.24, 2.45) is 5.73 Å². The molecule has 0 aliphatic carbocycles. The average molecular weight is 197 g/mol. The molecule has 1 aromatic rings. The second kappa shape index (κ2) is 3.35. The van der Waals surface area contributed by atoms with Crippen LogP contribution in [0.15, 0.2) is 12.4 Å². The lowest BCUT2D eigenvalue weighted by Crippen LogP contribution is -2.43. The van der Waals surface area contributed by atoms with E-state index in [0.29, 0.717) is 0 Å². The Hall–Kier alpha value is -0.480. The van der Waals surface area contributed by atoms with Gasteiger partial charge in [0.05, 0.1) is 5.54 Å². The number of H-pyrrole nitrogens is 1. The summed E-state index contributed by atoms with van der Waals surface area (Å²) in [6.45, 7) is 2.26. The molecular weight excluding hydrogens is 182 g/mol. The number of nitrogens with one attached hydrogen (secondary N) is 1. The fourth-order valence-corrected chi connectivity index (χ4v) is 2.78. The van der Waals surface area contributed by atoms with E-state index in [2.05, 4.69) is 16.9 Å². The molecule has 4 heteroatoms. The lowest BCUT2D eigenvalue weighted by molar-refractivity contribution is 0.409. The minimum Gasteiger partial charge on any atom is -0.347 e. The lowest BCUT2D eigenvalue weighted by Gasteiger charge is -2.33. The topological polar surface area (TPSA) is 54.7 Å². The Bertz CT molecular complexity index is 262. The molecule has 1 aromatic heterocycles.